The molecule has 25 heavy (non-hydrogen) atoms. The van der Waals surface area contributed by atoms with Crippen LogP contribution in [0.3, 0.4) is 0 Å². The van der Waals surface area contributed by atoms with Gasteiger partial charge in [0.05, 0.1) is 17.4 Å². The number of rotatable bonds is 6. The molecule has 9 nitrogen and oxygen atoms in total. The van der Waals surface area contributed by atoms with Crippen LogP contribution >= 0.6 is 11.8 Å². The lowest BCUT2D eigenvalue weighted by Gasteiger charge is -2.09. The lowest BCUT2D eigenvalue weighted by atomic mass is 10.2. The molecule has 0 aliphatic rings. The van der Waals surface area contributed by atoms with Crippen molar-refractivity contribution < 1.29 is 14.3 Å². The van der Waals surface area contributed by atoms with Crippen molar-refractivity contribution in [3.63, 3.8) is 0 Å². The van der Waals surface area contributed by atoms with Gasteiger partial charge in [0.1, 0.15) is 0 Å². The van der Waals surface area contributed by atoms with Crippen LogP contribution in [0.1, 0.15) is 24.2 Å². The number of amides is 1. The molecule has 10 heteroatoms. The average Bonchev–Trinajstić information content (AvgIpc) is 2.53. The molecule has 132 valence electrons. The number of hydrogen-bond acceptors (Lipinski definition) is 7. The molecule has 0 fully saturated rings. The van der Waals surface area contributed by atoms with Crippen LogP contribution in [0.5, 0.6) is 0 Å². The summed E-state index contributed by atoms with van der Waals surface area (Å²) < 4.78 is 5.09. The molecule has 0 unspecified atom stereocenters. The number of aromatic amines is 2. The molecule has 1 aromatic carbocycles. The number of aromatic nitrogens is 3. The van der Waals surface area contributed by atoms with Crippen molar-refractivity contribution in [3.8, 4) is 0 Å². The predicted octanol–water partition coefficient (Wildman–Crippen LogP) is 0.754. The van der Waals surface area contributed by atoms with Crippen LogP contribution in [0.25, 0.3) is 0 Å². The molecular weight excluding hydrogens is 348 g/mol. The summed E-state index contributed by atoms with van der Waals surface area (Å²) in [6.07, 6.45) is -0.245. The van der Waals surface area contributed by atoms with Crippen molar-refractivity contribution in [2.24, 2.45) is 0 Å². The first kappa shape index (κ1) is 18.5. The number of benzene rings is 1. The molecule has 2 rings (SSSR count). The highest BCUT2D eigenvalue weighted by Gasteiger charge is 2.12. The molecule has 1 aromatic heterocycles. The van der Waals surface area contributed by atoms with E-state index in [1.54, 1.807) is 32.0 Å². The Balaban J connectivity index is 1.97. The van der Waals surface area contributed by atoms with E-state index in [1.165, 1.54) is 6.07 Å². The fraction of sp³-hybridized carbons (Fsp3) is 0.267. The molecule has 3 N–H and O–H groups in total. The second kappa shape index (κ2) is 8.29. The third-order valence-electron chi connectivity index (χ3n) is 2.75. The molecular formula is C15H16N4O5S. The van der Waals surface area contributed by atoms with E-state index >= 15 is 0 Å². The zero-order chi connectivity index (χ0) is 18.4. The van der Waals surface area contributed by atoms with Gasteiger partial charge in [-0.05, 0) is 32.0 Å². The highest BCUT2D eigenvalue weighted by molar-refractivity contribution is 7.99. The Labute approximate surface area is 146 Å². The first-order valence-corrected chi connectivity index (χ1v) is 8.26. The second-order valence-corrected chi connectivity index (χ2v) is 6.15. The lowest BCUT2D eigenvalue weighted by molar-refractivity contribution is -0.113. The molecule has 2 aromatic rings. The molecule has 0 radical (unpaired) electrons. The number of hydrogen-bond donors (Lipinski definition) is 3. The number of anilines is 1. The number of nitrogens with zero attached hydrogens (tertiary/aromatic N) is 1. The van der Waals surface area contributed by atoms with Gasteiger partial charge in [0.2, 0.25) is 5.91 Å². The molecule has 0 aliphatic heterocycles. The van der Waals surface area contributed by atoms with Crippen molar-refractivity contribution in [2.75, 3.05) is 11.1 Å². The van der Waals surface area contributed by atoms with Crippen LogP contribution in [0.15, 0.2) is 38.9 Å². The maximum atomic E-state index is 12.0. The first-order valence-electron chi connectivity index (χ1n) is 7.28. The SMILES string of the molecule is CC(C)OC(=O)c1cccc(NC(=O)CSc2n[nH]c(=O)[nH]c2=O)c1. The van der Waals surface area contributed by atoms with Crippen LogP contribution < -0.4 is 16.6 Å². The van der Waals surface area contributed by atoms with Crippen molar-refractivity contribution in [1.29, 1.82) is 0 Å². The number of carbonyl (C=O) groups is 2. The van der Waals surface area contributed by atoms with Gasteiger partial charge in [-0.25, -0.2) is 14.7 Å². The third kappa shape index (κ3) is 5.60. The molecule has 0 saturated carbocycles. The van der Waals surface area contributed by atoms with E-state index in [0.29, 0.717) is 11.3 Å². The molecule has 1 heterocycles. The summed E-state index contributed by atoms with van der Waals surface area (Å²) in [5.74, 6) is -0.973. The normalized spacial score (nSPS) is 10.5. The van der Waals surface area contributed by atoms with E-state index in [0.717, 1.165) is 11.8 Å². The molecule has 1 amide bonds. The highest BCUT2D eigenvalue weighted by atomic mass is 32.2. The van der Waals surface area contributed by atoms with E-state index in [-0.39, 0.29) is 16.9 Å². The van der Waals surface area contributed by atoms with E-state index in [1.807, 2.05) is 4.98 Å². The zero-order valence-electron chi connectivity index (χ0n) is 13.5. The smallest absolute Gasteiger partial charge is 0.342 e. The van der Waals surface area contributed by atoms with Gasteiger partial charge in [-0.2, -0.15) is 5.10 Å². The number of esters is 1. The van der Waals surface area contributed by atoms with Crippen LogP contribution in [-0.4, -0.2) is 38.9 Å². The maximum Gasteiger partial charge on any atom is 0.342 e. The van der Waals surface area contributed by atoms with Gasteiger partial charge in [0.15, 0.2) is 5.03 Å². The maximum absolute atomic E-state index is 12.0. The van der Waals surface area contributed by atoms with Gasteiger partial charge in [-0.3, -0.25) is 14.6 Å². The van der Waals surface area contributed by atoms with Gasteiger partial charge in [0, 0.05) is 5.69 Å². The lowest BCUT2D eigenvalue weighted by Crippen LogP contribution is -2.25. The molecule has 0 spiro atoms. The first-order chi connectivity index (χ1) is 11.8. The highest BCUT2D eigenvalue weighted by Crippen LogP contribution is 2.14. The summed E-state index contributed by atoms with van der Waals surface area (Å²) in [5.41, 5.74) is -0.645. The Hall–Kier alpha value is -2.88. The summed E-state index contributed by atoms with van der Waals surface area (Å²) in [4.78, 5) is 48.2. The molecule has 0 atom stereocenters. The van der Waals surface area contributed by atoms with Crippen molar-refractivity contribution in [1.82, 2.24) is 15.2 Å². The van der Waals surface area contributed by atoms with Gasteiger partial charge in [-0.1, -0.05) is 17.8 Å². The Morgan fingerprint density at radius 2 is 2.08 bits per heavy atom. The minimum absolute atomic E-state index is 0.0241. The van der Waals surface area contributed by atoms with Gasteiger partial charge >= 0.3 is 11.7 Å². The quantitative estimate of drug-likeness (QED) is 0.509. The number of H-pyrrole nitrogens is 2. The van der Waals surface area contributed by atoms with E-state index < -0.39 is 23.1 Å². The van der Waals surface area contributed by atoms with Gasteiger partial charge < -0.3 is 10.1 Å². The molecule has 0 aliphatic carbocycles. The van der Waals surface area contributed by atoms with Crippen molar-refractivity contribution in [3.05, 3.63) is 50.7 Å². The topological polar surface area (TPSA) is 134 Å². The summed E-state index contributed by atoms with van der Waals surface area (Å²) in [5, 5.41) is 8.23. The summed E-state index contributed by atoms with van der Waals surface area (Å²) in [7, 11) is 0. The van der Waals surface area contributed by atoms with Crippen molar-refractivity contribution in [2.45, 2.75) is 25.0 Å². The van der Waals surface area contributed by atoms with Crippen molar-refractivity contribution >= 4 is 29.3 Å². The fourth-order valence-corrected chi connectivity index (χ4v) is 2.40. The van der Waals surface area contributed by atoms with E-state index in [4.69, 9.17) is 4.74 Å². The summed E-state index contributed by atoms with van der Waals surface area (Å²) in [6.45, 7) is 3.49. The van der Waals surface area contributed by atoms with Crippen LogP contribution in [0, 0.1) is 0 Å². The standard InChI is InChI=1S/C15H16N4O5S/c1-8(2)24-14(22)9-4-3-5-10(6-9)16-11(20)7-25-13-12(21)17-15(23)19-18-13/h3-6,8H,7H2,1-2H3,(H,16,20)(H2,17,19,21,23). The van der Waals surface area contributed by atoms with Crippen LogP contribution in [0.4, 0.5) is 5.69 Å². The number of ether oxygens (including phenoxy) is 1. The van der Waals surface area contributed by atoms with Gasteiger partial charge in [-0.15, -0.1) is 0 Å². The Bertz CT molecular complexity index is 890. The Kier molecular flexibility index (Phi) is 6.12. The number of thioether (sulfide) groups is 1. The molecule has 0 saturated heterocycles. The Morgan fingerprint density at radius 3 is 2.76 bits per heavy atom. The average molecular weight is 364 g/mol. The minimum atomic E-state index is -0.719. The number of nitrogens with one attached hydrogen (secondary N) is 3. The van der Waals surface area contributed by atoms with Crippen LogP contribution in [-0.2, 0) is 9.53 Å². The monoisotopic (exact) mass is 364 g/mol. The fourth-order valence-electron chi connectivity index (χ4n) is 1.77. The molecule has 0 bridgehead atoms. The van der Waals surface area contributed by atoms with Gasteiger partial charge in [0.25, 0.3) is 5.56 Å². The van der Waals surface area contributed by atoms with E-state index in [9.17, 15) is 19.2 Å². The summed E-state index contributed by atoms with van der Waals surface area (Å²) in [6, 6.07) is 6.32. The van der Waals surface area contributed by atoms with Crippen LogP contribution in [0.2, 0.25) is 0 Å². The largest absolute Gasteiger partial charge is 0.459 e. The summed E-state index contributed by atoms with van der Waals surface area (Å²) >= 11 is 0.873. The Morgan fingerprint density at radius 1 is 1.32 bits per heavy atom. The predicted molar refractivity (Wildman–Crippen MR) is 91.8 cm³/mol. The zero-order valence-corrected chi connectivity index (χ0v) is 14.3. The third-order valence-corrected chi connectivity index (χ3v) is 3.70. The van der Waals surface area contributed by atoms with E-state index in [2.05, 4.69) is 15.5 Å². The number of carbonyl (C=O) groups excluding carboxylic acids is 2. The minimum Gasteiger partial charge on any atom is -0.459 e. The second-order valence-electron chi connectivity index (χ2n) is 5.18.